The van der Waals surface area contributed by atoms with E-state index in [2.05, 4.69) is 6.92 Å². The lowest BCUT2D eigenvalue weighted by Gasteiger charge is -2.22. The Kier molecular flexibility index (Phi) is 6.64. The maximum atomic E-state index is 9.50. The van der Waals surface area contributed by atoms with Gasteiger partial charge in [-0.05, 0) is 25.7 Å². The fourth-order valence-corrected chi connectivity index (χ4v) is 1.55. The first-order chi connectivity index (χ1) is 7.33. The van der Waals surface area contributed by atoms with Crippen molar-refractivity contribution in [2.75, 3.05) is 13.2 Å². The molecule has 1 rings (SSSR count). The first kappa shape index (κ1) is 12.7. The number of hydrogen-bond donors (Lipinski definition) is 1. The van der Waals surface area contributed by atoms with Crippen molar-refractivity contribution in [2.24, 2.45) is 0 Å². The van der Waals surface area contributed by atoms with E-state index in [9.17, 15) is 5.11 Å². The second-order valence-corrected chi connectivity index (χ2v) is 3.86. The van der Waals surface area contributed by atoms with Crippen LogP contribution in [-0.2, 0) is 9.47 Å². The highest BCUT2D eigenvalue weighted by molar-refractivity contribution is 4.87. The van der Waals surface area contributed by atoms with Gasteiger partial charge in [0.1, 0.15) is 0 Å². The summed E-state index contributed by atoms with van der Waals surface area (Å²) in [6.45, 7) is 3.43. The van der Waals surface area contributed by atoms with Gasteiger partial charge in [-0.15, -0.1) is 0 Å². The fraction of sp³-hybridized carbons (Fsp3) is 0.833. The van der Waals surface area contributed by atoms with Crippen LogP contribution in [0.15, 0.2) is 12.2 Å². The van der Waals surface area contributed by atoms with E-state index in [4.69, 9.17) is 9.47 Å². The Morgan fingerprint density at radius 2 is 2.40 bits per heavy atom. The molecular weight excluding hydrogens is 192 g/mol. The zero-order valence-electron chi connectivity index (χ0n) is 9.52. The summed E-state index contributed by atoms with van der Waals surface area (Å²) in [6, 6.07) is 0. The Balaban J connectivity index is 2.01. The van der Waals surface area contributed by atoms with Crippen LogP contribution in [-0.4, -0.2) is 30.7 Å². The molecule has 3 nitrogen and oxygen atoms in total. The molecule has 0 spiro atoms. The van der Waals surface area contributed by atoms with Crippen molar-refractivity contribution >= 4 is 0 Å². The molecule has 0 aromatic carbocycles. The summed E-state index contributed by atoms with van der Waals surface area (Å²) in [6.07, 6.45) is 8.30. The van der Waals surface area contributed by atoms with E-state index in [1.54, 1.807) is 0 Å². The second kappa shape index (κ2) is 7.85. The molecule has 1 heterocycles. The molecule has 0 bridgehead atoms. The Labute approximate surface area is 92.1 Å². The summed E-state index contributed by atoms with van der Waals surface area (Å²) in [5.74, 6) is 0. The largest absolute Gasteiger partial charge is 0.389 e. The van der Waals surface area contributed by atoms with Crippen LogP contribution in [0.1, 0.15) is 39.0 Å². The molecule has 1 N–H and O–H groups in total. The van der Waals surface area contributed by atoms with Crippen LogP contribution in [0.2, 0.25) is 0 Å². The molecule has 1 unspecified atom stereocenters. The molecule has 3 heteroatoms. The Bertz CT molecular complexity index is 174. The number of ether oxygens (including phenoxy) is 2. The topological polar surface area (TPSA) is 38.7 Å². The molecule has 0 saturated carbocycles. The number of allylic oxidation sites excluding steroid dienone is 1. The van der Waals surface area contributed by atoms with Crippen molar-refractivity contribution in [1.82, 2.24) is 0 Å². The smallest absolute Gasteiger partial charge is 0.157 e. The van der Waals surface area contributed by atoms with Gasteiger partial charge in [-0.25, -0.2) is 0 Å². The molecule has 0 radical (unpaired) electrons. The lowest BCUT2D eigenvalue weighted by atomic mass is 10.2. The Morgan fingerprint density at radius 3 is 3.07 bits per heavy atom. The minimum absolute atomic E-state index is 0.0406. The van der Waals surface area contributed by atoms with Gasteiger partial charge in [-0.2, -0.15) is 0 Å². The van der Waals surface area contributed by atoms with Gasteiger partial charge in [0, 0.05) is 13.0 Å². The number of rotatable bonds is 6. The van der Waals surface area contributed by atoms with Crippen molar-refractivity contribution in [2.45, 2.75) is 51.4 Å². The zero-order valence-corrected chi connectivity index (χ0v) is 9.52. The number of aliphatic hydroxyl groups excluding tert-OH is 1. The van der Waals surface area contributed by atoms with E-state index < -0.39 is 0 Å². The van der Waals surface area contributed by atoms with Crippen LogP contribution in [0.4, 0.5) is 0 Å². The molecule has 1 aliphatic rings. The first-order valence-corrected chi connectivity index (χ1v) is 5.91. The molecule has 0 aromatic rings. The Hall–Kier alpha value is -0.380. The molecule has 1 aliphatic heterocycles. The van der Waals surface area contributed by atoms with Crippen molar-refractivity contribution in [3.05, 3.63) is 12.2 Å². The monoisotopic (exact) mass is 214 g/mol. The molecule has 0 aliphatic carbocycles. The van der Waals surface area contributed by atoms with Crippen molar-refractivity contribution in [3.63, 3.8) is 0 Å². The predicted molar refractivity (Wildman–Crippen MR) is 59.6 cm³/mol. The number of aliphatic hydroxyl groups is 1. The third-order valence-electron chi connectivity index (χ3n) is 2.45. The average Bonchev–Trinajstić information content (AvgIpc) is 2.28. The van der Waals surface area contributed by atoms with E-state index in [0.717, 1.165) is 25.9 Å². The third kappa shape index (κ3) is 5.92. The minimum Gasteiger partial charge on any atom is -0.389 e. The van der Waals surface area contributed by atoms with Gasteiger partial charge >= 0.3 is 0 Å². The van der Waals surface area contributed by atoms with Crippen LogP contribution >= 0.6 is 0 Å². The predicted octanol–water partition coefficient (Wildman–Crippen LogP) is 2.25. The number of hydrogen-bond acceptors (Lipinski definition) is 3. The van der Waals surface area contributed by atoms with Crippen molar-refractivity contribution in [3.8, 4) is 0 Å². The lowest BCUT2D eigenvalue weighted by molar-refractivity contribution is -0.164. The van der Waals surface area contributed by atoms with Crippen LogP contribution < -0.4 is 0 Å². The standard InChI is InChI=1S/C12H22O3/c1-2-3-6-11(13)8-10-15-12-7-4-5-9-14-12/h3,6,11-13H,2,4-5,7-10H2,1H3/b6-3+/t11-,12?/m1/s1. The van der Waals surface area contributed by atoms with Crippen molar-refractivity contribution in [1.29, 1.82) is 0 Å². The average molecular weight is 214 g/mol. The quantitative estimate of drug-likeness (QED) is 0.689. The molecule has 1 fully saturated rings. The second-order valence-electron chi connectivity index (χ2n) is 3.86. The summed E-state index contributed by atoms with van der Waals surface area (Å²) in [5, 5.41) is 9.50. The van der Waals surface area contributed by atoms with E-state index >= 15 is 0 Å². The van der Waals surface area contributed by atoms with Gasteiger partial charge in [0.2, 0.25) is 0 Å². The molecule has 0 aromatic heterocycles. The fourth-order valence-electron chi connectivity index (χ4n) is 1.55. The van der Waals surface area contributed by atoms with Gasteiger partial charge in [0.05, 0.1) is 12.7 Å². The molecule has 0 amide bonds. The molecular formula is C12H22O3. The van der Waals surface area contributed by atoms with E-state index in [0.29, 0.717) is 13.0 Å². The third-order valence-corrected chi connectivity index (χ3v) is 2.45. The van der Waals surface area contributed by atoms with Crippen LogP contribution in [0, 0.1) is 0 Å². The van der Waals surface area contributed by atoms with Gasteiger partial charge in [-0.1, -0.05) is 19.1 Å². The Morgan fingerprint density at radius 1 is 1.53 bits per heavy atom. The van der Waals surface area contributed by atoms with E-state index in [1.165, 1.54) is 6.42 Å². The van der Waals surface area contributed by atoms with Crippen LogP contribution in [0.5, 0.6) is 0 Å². The summed E-state index contributed by atoms with van der Waals surface area (Å²) in [7, 11) is 0. The van der Waals surface area contributed by atoms with Crippen molar-refractivity contribution < 1.29 is 14.6 Å². The maximum absolute atomic E-state index is 9.50. The van der Waals surface area contributed by atoms with Gasteiger partial charge in [-0.3, -0.25) is 0 Å². The summed E-state index contributed by atoms with van der Waals surface area (Å²) in [5.41, 5.74) is 0. The molecule has 15 heavy (non-hydrogen) atoms. The SMILES string of the molecule is CC/C=C/[C@@H](O)CCOC1CCCCO1. The van der Waals surface area contributed by atoms with Gasteiger partial charge in [0.15, 0.2) is 6.29 Å². The highest BCUT2D eigenvalue weighted by Crippen LogP contribution is 2.14. The molecule has 88 valence electrons. The molecule has 1 saturated heterocycles. The highest BCUT2D eigenvalue weighted by atomic mass is 16.7. The van der Waals surface area contributed by atoms with Gasteiger partial charge < -0.3 is 14.6 Å². The zero-order chi connectivity index (χ0) is 10.9. The van der Waals surface area contributed by atoms with Crippen LogP contribution in [0.3, 0.4) is 0 Å². The first-order valence-electron chi connectivity index (χ1n) is 5.91. The highest BCUT2D eigenvalue weighted by Gasteiger charge is 2.13. The maximum Gasteiger partial charge on any atom is 0.157 e. The summed E-state index contributed by atoms with van der Waals surface area (Å²) >= 11 is 0. The van der Waals surface area contributed by atoms with Gasteiger partial charge in [0.25, 0.3) is 0 Å². The minimum atomic E-state index is -0.381. The van der Waals surface area contributed by atoms with E-state index in [-0.39, 0.29) is 12.4 Å². The summed E-state index contributed by atoms with van der Waals surface area (Å²) < 4.78 is 10.9. The normalized spacial score (nSPS) is 24.5. The van der Waals surface area contributed by atoms with E-state index in [1.807, 2.05) is 12.2 Å². The lowest BCUT2D eigenvalue weighted by Crippen LogP contribution is -2.23. The summed E-state index contributed by atoms with van der Waals surface area (Å²) in [4.78, 5) is 0. The van der Waals surface area contributed by atoms with Crippen LogP contribution in [0.25, 0.3) is 0 Å². The molecule has 2 atom stereocenters.